The summed E-state index contributed by atoms with van der Waals surface area (Å²) in [4.78, 5) is 28.5. The lowest BCUT2D eigenvalue weighted by molar-refractivity contribution is -0.138. The van der Waals surface area contributed by atoms with Crippen molar-refractivity contribution in [2.24, 2.45) is 0 Å². The molecule has 8 nitrogen and oxygen atoms in total. The lowest BCUT2D eigenvalue weighted by atomic mass is 10.1. The number of carbonyl (C=O) groups is 2. The van der Waals surface area contributed by atoms with Crippen LogP contribution in [-0.2, 0) is 26.0 Å². The molecule has 3 aromatic carbocycles. The fourth-order valence-corrected chi connectivity index (χ4v) is 5.72. The summed E-state index contributed by atoms with van der Waals surface area (Å²) in [5.74, 6) is -0.456. The molecule has 0 spiro atoms. The molecule has 0 bridgehead atoms. The number of nitrogens with one attached hydrogen (secondary N) is 1. The molecule has 214 valence electrons. The molecule has 3 aromatic rings. The Hall–Kier alpha value is -3.85. The molecule has 0 aliphatic heterocycles. The zero-order chi connectivity index (χ0) is 29.1. The zero-order valence-corrected chi connectivity index (χ0v) is 24.5. The second-order valence-corrected chi connectivity index (χ2v) is 11.5. The van der Waals surface area contributed by atoms with Crippen molar-refractivity contribution in [3.05, 3.63) is 90.0 Å². The van der Waals surface area contributed by atoms with Crippen LogP contribution in [0.3, 0.4) is 0 Å². The SMILES string of the molecule is CCCCNC(=O)[C@H](C)N(CCc1ccccc1)C(=O)CN(c1ccccc1OC)S(=O)(=O)c1ccc(C)cc1. The van der Waals surface area contributed by atoms with Gasteiger partial charge in [-0.15, -0.1) is 0 Å². The van der Waals surface area contributed by atoms with Crippen molar-refractivity contribution in [3.8, 4) is 5.75 Å². The fraction of sp³-hybridized carbons (Fsp3) is 0.355. The van der Waals surface area contributed by atoms with Crippen LogP contribution in [0.2, 0.25) is 0 Å². The molecule has 1 N–H and O–H groups in total. The van der Waals surface area contributed by atoms with Crippen LogP contribution in [0, 0.1) is 6.92 Å². The maximum Gasteiger partial charge on any atom is 0.264 e. The largest absolute Gasteiger partial charge is 0.495 e. The van der Waals surface area contributed by atoms with Crippen molar-refractivity contribution >= 4 is 27.5 Å². The van der Waals surface area contributed by atoms with E-state index in [2.05, 4.69) is 5.32 Å². The number of anilines is 1. The predicted molar refractivity (Wildman–Crippen MR) is 158 cm³/mol. The topological polar surface area (TPSA) is 96.0 Å². The van der Waals surface area contributed by atoms with Crippen LogP contribution in [-0.4, -0.2) is 57.9 Å². The number of methoxy groups -OCH3 is 1. The van der Waals surface area contributed by atoms with E-state index in [0.29, 0.717) is 18.7 Å². The highest BCUT2D eigenvalue weighted by Crippen LogP contribution is 2.32. The molecule has 0 saturated carbocycles. The minimum atomic E-state index is -4.16. The molecule has 0 aliphatic carbocycles. The van der Waals surface area contributed by atoms with Crippen LogP contribution < -0.4 is 14.4 Å². The first kappa shape index (κ1) is 30.7. The molecule has 1 atom stereocenters. The number of ether oxygens (including phenoxy) is 1. The van der Waals surface area contributed by atoms with E-state index in [4.69, 9.17) is 4.74 Å². The van der Waals surface area contributed by atoms with Gasteiger partial charge in [-0.25, -0.2) is 8.42 Å². The highest BCUT2D eigenvalue weighted by Gasteiger charge is 2.33. The molecular formula is C31H39N3O5S. The Bertz CT molecular complexity index is 1360. The van der Waals surface area contributed by atoms with Gasteiger partial charge in [-0.1, -0.05) is 73.5 Å². The molecule has 40 heavy (non-hydrogen) atoms. The third kappa shape index (κ3) is 7.85. The van der Waals surface area contributed by atoms with Crippen molar-refractivity contribution < 1.29 is 22.7 Å². The van der Waals surface area contributed by atoms with Gasteiger partial charge in [0.05, 0.1) is 17.7 Å². The normalized spacial score (nSPS) is 11.9. The monoisotopic (exact) mass is 565 g/mol. The number of rotatable bonds is 14. The van der Waals surface area contributed by atoms with Gasteiger partial charge in [0.1, 0.15) is 18.3 Å². The summed E-state index contributed by atoms with van der Waals surface area (Å²) < 4.78 is 34.4. The zero-order valence-electron chi connectivity index (χ0n) is 23.7. The molecule has 2 amide bonds. The minimum Gasteiger partial charge on any atom is -0.495 e. The van der Waals surface area contributed by atoms with Crippen LogP contribution in [0.5, 0.6) is 5.75 Å². The summed E-state index contributed by atoms with van der Waals surface area (Å²) in [6, 6.07) is 22.0. The quantitative estimate of drug-likeness (QED) is 0.289. The van der Waals surface area contributed by atoms with E-state index in [1.54, 1.807) is 43.3 Å². The molecule has 0 saturated heterocycles. The van der Waals surface area contributed by atoms with Crippen molar-refractivity contribution in [2.45, 2.75) is 51.0 Å². The van der Waals surface area contributed by atoms with E-state index in [0.717, 1.165) is 28.3 Å². The summed E-state index contributed by atoms with van der Waals surface area (Å²) in [5, 5.41) is 2.90. The number of amides is 2. The number of sulfonamides is 1. The number of hydrogen-bond donors (Lipinski definition) is 1. The van der Waals surface area contributed by atoms with E-state index < -0.39 is 28.5 Å². The third-order valence-corrected chi connectivity index (χ3v) is 8.50. The highest BCUT2D eigenvalue weighted by atomic mass is 32.2. The van der Waals surface area contributed by atoms with Crippen molar-refractivity contribution in [1.29, 1.82) is 0 Å². The van der Waals surface area contributed by atoms with Gasteiger partial charge in [0.2, 0.25) is 11.8 Å². The Morgan fingerprint density at radius 3 is 2.25 bits per heavy atom. The number of benzene rings is 3. The van der Waals surface area contributed by atoms with Crippen LogP contribution in [0.1, 0.15) is 37.8 Å². The molecule has 9 heteroatoms. The Balaban J connectivity index is 1.98. The van der Waals surface area contributed by atoms with Crippen molar-refractivity contribution in [2.75, 3.05) is 31.0 Å². The van der Waals surface area contributed by atoms with Gasteiger partial charge in [0.25, 0.3) is 10.0 Å². The van der Waals surface area contributed by atoms with Gasteiger partial charge in [0, 0.05) is 13.1 Å². The minimum absolute atomic E-state index is 0.0537. The van der Waals surface area contributed by atoms with Crippen LogP contribution in [0.25, 0.3) is 0 Å². The van der Waals surface area contributed by atoms with Gasteiger partial charge in [-0.3, -0.25) is 13.9 Å². The third-order valence-electron chi connectivity index (χ3n) is 6.72. The average molecular weight is 566 g/mol. The number of hydrogen-bond acceptors (Lipinski definition) is 5. The van der Waals surface area contributed by atoms with E-state index in [1.807, 2.05) is 44.2 Å². The molecule has 3 rings (SSSR count). The Kier molecular flexibility index (Phi) is 11.1. The van der Waals surface area contributed by atoms with Gasteiger partial charge in [0.15, 0.2) is 0 Å². The number of aryl methyl sites for hydroxylation is 1. The Morgan fingerprint density at radius 2 is 1.60 bits per heavy atom. The standard InChI is InChI=1S/C31H39N3O5S/c1-5-6-21-32-31(36)25(3)33(22-20-26-12-8-7-9-13-26)30(35)23-34(28-14-10-11-15-29(28)39-4)40(37,38)27-18-16-24(2)17-19-27/h7-19,25H,5-6,20-23H2,1-4H3,(H,32,36)/t25-/m0/s1. The second-order valence-electron chi connectivity index (χ2n) is 9.64. The Labute approximate surface area is 238 Å². The van der Waals surface area contributed by atoms with Gasteiger partial charge in [-0.05, 0) is 56.5 Å². The summed E-state index contributed by atoms with van der Waals surface area (Å²) in [6.07, 6.45) is 2.27. The second kappa shape index (κ2) is 14.5. The first-order valence-electron chi connectivity index (χ1n) is 13.5. The number of nitrogens with zero attached hydrogens (tertiary/aromatic N) is 2. The maximum absolute atomic E-state index is 14.0. The van der Waals surface area contributed by atoms with Gasteiger partial charge in [-0.2, -0.15) is 0 Å². The van der Waals surface area contributed by atoms with E-state index in [9.17, 15) is 18.0 Å². The molecule has 0 radical (unpaired) electrons. The summed E-state index contributed by atoms with van der Waals surface area (Å²) in [5.41, 5.74) is 2.16. The van der Waals surface area contributed by atoms with Crippen LogP contribution >= 0.6 is 0 Å². The highest BCUT2D eigenvalue weighted by molar-refractivity contribution is 7.92. The van der Waals surface area contributed by atoms with Crippen molar-refractivity contribution in [1.82, 2.24) is 10.2 Å². The maximum atomic E-state index is 14.0. The van der Waals surface area contributed by atoms with E-state index in [1.165, 1.54) is 24.1 Å². The Morgan fingerprint density at radius 1 is 0.950 bits per heavy atom. The fourth-order valence-electron chi connectivity index (χ4n) is 4.29. The lowest BCUT2D eigenvalue weighted by Gasteiger charge is -2.32. The summed E-state index contributed by atoms with van der Waals surface area (Å²) in [6.45, 7) is 5.83. The average Bonchev–Trinajstić information content (AvgIpc) is 2.96. The smallest absolute Gasteiger partial charge is 0.264 e. The first-order chi connectivity index (χ1) is 19.2. The summed E-state index contributed by atoms with van der Waals surface area (Å²) >= 11 is 0. The first-order valence-corrected chi connectivity index (χ1v) is 15.0. The molecule has 0 aromatic heterocycles. The molecule has 0 heterocycles. The lowest BCUT2D eigenvalue weighted by Crippen LogP contribution is -2.52. The van der Waals surface area contributed by atoms with Crippen LogP contribution in [0.4, 0.5) is 5.69 Å². The van der Waals surface area contributed by atoms with E-state index >= 15 is 0 Å². The van der Waals surface area contributed by atoms with Gasteiger partial charge >= 0.3 is 0 Å². The van der Waals surface area contributed by atoms with Gasteiger partial charge < -0.3 is 15.0 Å². The predicted octanol–water partition coefficient (Wildman–Crippen LogP) is 4.58. The molecule has 0 unspecified atom stereocenters. The van der Waals surface area contributed by atoms with E-state index in [-0.39, 0.29) is 23.0 Å². The molecular weight excluding hydrogens is 526 g/mol. The van der Waals surface area contributed by atoms with Crippen molar-refractivity contribution in [3.63, 3.8) is 0 Å². The number of carbonyl (C=O) groups excluding carboxylic acids is 2. The molecule has 0 fully saturated rings. The number of para-hydroxylation sites is 2. The summed E-state index contributed by atoms with van der Waals surface area (Å²) in [7, 11) is -2.71. The van der Waals surface area contributed by atoms with Crippen LogP contribution in [0.15, 0.2) is 83.8 Å². The molecule has 0 aliphatic rings. The number of unbranched alkanes of at least 4 members (excludes halogenated alkanes) is 1.